The summed E-state index contributed by atoms with van der Waals surface area (Å²) in [6.45, 7) is 2.07. The molecule has 0 spiro atoms. The molecule has 1 atom stereocenters. The van der Waals surface area contributed by atoms with Gasteiger partial charge in [-0.05, 0) is 37.5 Å². The van der Waals surface area contributed by atoms with Gasteiger partial charge in [0.2, 0.25) is 0 Å². The fraction of sp³-hybridized carbons (Fsp3) is 0.600. The molecule has 19 heavy (non-hydrogen) atoms. The average Bonchev–Trinajstić information content (AvgIpc) is 2.39. The van der Waals surface area contributed by atoms with Crippen molar-refractivity contribution < 1.29 is 5.11 Å². The molecule has 0 aromatic heterocycles. The predicted octanol–water partition coefficient (Wildman–Crippen LogP) is 4.23. The quantitative estimate of drug-likeness (QED) is 0.855. The Morgan fingerprint density at radius 2 is 2.05 bits per heavy atom. The summed E-state index contributed by atoms with van der Waals surface area (Å²) in [6.07, 6.45) is 6.24. The third-order valence-electron chi connectivity index (χ3n) is 3.97. The van der Waals surface area contributed by atoms with Crippen molar-refractivity contribution in [2.24, 2.45) is 0 Å². The molecule has 0 radical (unpaired) electrons. The first kappa shape index (κ1) is 15.3. The van der Waals surface area contributed by atoms with E-state index in [0.29, 0.717) is 11.1 Å². The number of hydrogen-bond acceptors (Lipinski definition) is 2. The Morgan fingerprint density at radius 1 is 1.37 bits per heavy atom. The first-order valence-corrected chi connectivity index (χ1v) is 8.06. The van der Waals surface area contributed by atoms with Crippen LogP contribution in [0.25, 0.3) is 0 Å². The predicted molar refractivity (Wildman–Crippen MR) is 83.6 cm³/mol. The second-order valence-corrected chi connectivity index (χ2v) is 6.92. The Bertz CT molecular complexity index is 434. The van der Waals surface area contributed by atoms with Crippen molar-refractivity contribution in [3.05, 3.63) is 33.3 Å². The highest BCUT2D eigenvalue weighted by Gasteiger charge is 2.31. The largest absolute Gasteiger partial charge is 0.394 e. The van der Waals surface area contributed by atoms with Gasteiger partial charge in [-0.1, -0.05) is 52.9 Å². The summed E-state index contributed by atoms with van der Waals surface area (Å²) in [5, 5.41) is 14.1. The van der Waals surface area contributed by atoms with Gasteiger partial charge in [0.1, 0.15) is 0 Å². The summed E-state index contributed by atoms with van der Waals surface area (Å²) in [7, 11) is 0. The molecule has 2 N–H and O–H groups in total. The third-order valence-corrected chi connectivity index (χ3v) is 4.78. The second kappa shape index (κ2) is 6.57. The van der Waals surface area contributed by atoms with Crippen molar-refractivity contribution in [2.75, 3.05) is 6.61 Å². The van der Waals surface area contributed by atoms with E-state index in [1.54, 1.807) is 0 Å². The maximum Gasteiger partial charge on any atom is 0.0657 e. The topological polar surface area (TPSA) is 32.3 Å². The van der Waals surface area contributed by atoms with Gasteiger partial charge in [-0.15, -0.1) is 0 Å². The van der Waals surface area contributed by atoms with E-state index in [1.165, 1.54) is 32.1 Å². The van der Waals surface area contributed by atoms with Crippen molar-refractivity contribution in [3.8, 4) is 0 Å². The van der Waals surface area contributed by atoms with Gasteiger partial charge in [0.15, 0.2) is 0 Å². The fourth-order valence-electron chi connectivity index (χ4n) is 2.84. The second-order valence-electron chi connectivity index (χ2n) is 5.59. The molecule has 4 heteroatoms. The van der Waals surface area contributed by atoms with Crippen LogP contribution in [0.2, 0.25) is 5.02 Å². The maximum atomic E-state index is 9.83. The van der Waals surface area contributed by atoms with E-state index >= 15 is 0 Å². The highest BCUT2D eigenvalue weighted by Crippen LogP contribution is 2.32. The van der Waals surface area contributed by atoms with E-state index in [0.717, 1.165) is 10.0 Å². The van der Waals surface area contributed by atoms with Crippen molar-refractivity contribution >= 4 is 27.5 Å². The first-order valence-electron chi connectivity index (χ1n) is 6.89. The fourth-order valence-corrected chi connectivity index (χ4v) is 3.72. The van der Waals surface area contributed by atoms with Gasteiger partial charge in [0.05, 0.1) is 12.1 Å². The molecule has 1 fully saturated rings. The van der Waals surface area contributed by atoms with Crippen LogP contribution >= 0.6 is 27.5 Å². The van der Waals surface area contributed by atoms with Crippen LogP contribution in [0, 0.1) is 0 Å². The van der Waals surface area contributed by atoms with Gasteiger partial charge in [0, 0.05) is 15.5 Å². The zero-order valence-corrected chi connectivity index (χ0v) is 13.6. The van der Waals surface area contributed by atoms with Gasteiger partial charge in [0.25, 0.3) is 0 Å². The lowest BCUT2D eigenvalue weighted by atomic mass is 9.88. The van der Waals surface area contributed by atoms with Crippen LogP contribution in [0.1, 0.15) is 44.6 Å². The standard InChI is InChI=1S/C15H21BrClNO/c1-15(10-19,18-12-5-3-2-4-6-12)13-8-7-11(16)9-14(13)17/h7-9,12,18-19H,2-6,10H2,1H3. The molecule has 0 bridgehead atoms. The van der Waals surface area contributed by atoms with Crippen LogP contribution in [-0.2, 0) is 5.54 Å². The lowest BCUT2D eigenvalue weighted by Gasteiger charge is -2.36. The van der Waals surface area contributed by atoms with E-state index in [9.17, 15) is 5.11 Å². The summed E-state index contributed by atoms with van der Waals surface area (Å²) in [5.41, 5.74) is 0.491. The number of aliphatic hydroxyl groups is 1. The lowest BCUT2D eigenvalue weighted by molar-refractivity contribution is 0.151. The third kappa shape index (κ3) is 3.72. The number of nitrogens with one attached hydrogen (secondary N) is 1. The van der Waals surface area contributed by atoms with E-state index in [1.807, 2.05) is 25.1 Å². The summed E-state index contributed by atoms with van der Waals surface area (Å²) >= 11 is 9.75. The van der Waals surface area contributed by atoms with Crippen LogP contribution in [0.3, 0.4) is 0 Å². The number of hydrogen-bond donors (Lipinski definition) is 2. The van der Waals surface area contributed by atoms with Crippen LogP contribution in [-0.4, -0.2) is 17.8 Å². The summed E-state index contributed by atoms with van der Waals surface area (Å²) < 4.78 is 0.958. The molecule has 0 heterocycles. The molecule has 1 unspecified atom stereocenters. The first-order chi connectivity index (χ1) is 9.05. The average molecular weight is 347 g/mol. The Balaban J connectivity index is 2.20. The molecule has 0 aliphatic heterocycles. The summed E-state index contributed by atoms with van der Waals surface area (Å²) in [5.74, 6) is 0. The number of aliphatic hydroxyl groups excluding tert-OH is 1. The molecule has 0 saturated heterocycles. The molecule has 1 aromatic rings. The molecule has 0 amide bonds. The van der Waals surface area contributed by atoms with Crippen LogP contribution < -0.4 is 5.32 Å². The molecular formula is C15H21BrClNO. The van der Waals surface area contributed by atoms with Gasteiger partial charge in [-0.2, -0.15) is 0 Å². The minimum Gasteiger partial charge on any atom is -0.394 e. The Labute approximate surface area is 128 Å². The molecule has 1 aliphatic rings. The Hall–Kier alpha value is -0.0900. The summed E-state index contributed by atoms with van der Waals surface area (Å²) in [4.78, 5) is 0. The van der Waals surface area contributed by atoms with E-state index in [4.69, 9.17) is 11.6 Å². The van der Waals surface area contributed by atoms with Crippen LogP contribution in [0.4, 0.5) is 0 Å². The number of rotatable bonds is 4. The minimum absolute atomic E-state index is 0.0465. The number of halogens is 2. The minimum atomic E-state index is -0.472. The van der Waals surface area contributed by atoms with Gasteiger partial charge >= 0.3 is 0 Å². The highest BCUT2D eigenvalue weighted by molar-refractivity contribution is 9.10. The molecular weight excluding hydrogens is 326 g/mol. The van der Waals surface area contributed by atoms with Crippen molar-refractivity contribution in [1.29, 1.82) is 0 Å². The lowest BCUT2D eigenvalue weighted by Crippen LogP contribution is -2.49. The van der Waals surface area contributed by atoms with Crippen molar-refractivity contribution in [1.82, 2.24) is 5.32 Å². The molecule has 1 aromatic carbocycles. The zero-order chi connectivity index (χ0) is 13.9. The zero-order valence-electron chi connectivity index (χ0n) is 11.3. The Kier molecular flexibility index (Phi) is 5.29. The summed E-state index contributed by atoms with van der Waals surface area (Å²) in [6, 6.07) is 6.31. The maximum absolute atomic E-state index is 9.83. The Morgan fingerprint density at radius 3 is 2.63 bits per heavy atom. The molecule has 2 nitrogen and oxygen atoms in total. The van der Waals surface area contributed by atoms with Crippen LogP contribution in [0.15, 0.2) is 22.7 Å². The van der Waals surface area contributed by atoms with Crippen molar-refractivity contribution in [2.45, 2.75) is 50.6 Å². The van der Waals surface area contributed by atoms with Gasteiger partial charge < -0.3 is 10.4 Å². The molecule has 1 aliphatic carbocycles. The van der Waals surface area contributed by atoms with Gasteiger partial charge in [-0.25, -0.2) is 0 Å². The van der Waals surface area contributed by atoms with E-state index in [-0.39, 0.29) is 6.61 Å². The highest BCUT2D eigenvalue weighted by atomic mass is 79.9. The smallest absolute Gasteiger partial charge is 0.0657 e. The van der Waals surface area contributed by atoms with E-state index < -0.39 is 5.54 Å². The van der Waals surface area contributed by atoms with Gasteiger partial charge in [-0.3, -0.25) is 0 Å². The van der Waals surface area contributed by atoms with E-state index in [2.05, 4.69) is 21.2 Å². The van der Waals surface area contributed by atoms with Crippen LogP contribution in [0.5, 0.6) is 0 Å². The molecule has 1 saturated carbocycles. The molecule has 2 rings (SSSR count). The molecule has 106 valence electrons. The SMILES string of the molecule is CC(CO)(NC1CCCCC1)c1ccc(Br)cc1Cl. The van der Waals surface area contributed by atoms with Crippen molar-refractivity contribution in [3.63, 3.8) is 0 Å². The number of benzene rings is 1. The normalized spacial score (nSPS) is 20.2. The monoisotopic (exact) mass is 345 g/mol.